The highest BCUT2D eigenvalue weighted by Gasteiger charge is 2.24. The fourth-order valence-electron chi connectivity index (χ4n) is 2.89. The molecular formula is C14H28N2O. The van der Waals surface area contributed by atoms with E-state index in [1.165, 1.54) is 45.3 Å². The zero-order valence-electron chi connectivity index (χ0n) is 11.5. The van der Waals surface area contributed by atoms with E-state index in [1.807, 2.05) is 0 Å². The van der Waals surface area contributed by atoms with Crippen molar-refractivity contribution in [1.82, 2.24) is 9.80 Å². The smallest absolute Gasteiger partial charge is 0.0714 e. The van der Waals surface area contributed by atoms with Gasteiger partial charge in [0.1, 0.15) is 0 Å². The van der Waals surface area contributed by atoms with Gasteiger partial charge in [0, 0.05) is 25.7 Å². The monoisotopic (exact) mass is 240 g/mol. The highest BCUT2D eigenvalue weighted by atomic mass is 16.5. The van der Waals surface area contributed by atoms with E-state index in [9.17, 15) is 0 Å². The minimum atomic E-state index is 0.488. The number of ether oxygens (including phenoxy) is 1. The first-order chi connectivity index (χ1) is 8.25. The second-order valence-corrected chi connectivity index (χ2v) is 5.77. The molecule has 0 N–H and O–H groups in total. The maximum Gasteiger partial charge on any atom is 0.0714 e. The Labute approximate surface area is 106 Å². The summed E-state index contributed by atoms with van der Waals surface area (Å²) in [5.74, 6) is 0. The molecule has 3 nitrogen and oxygen atoms in total. The van der Waals surface area contributed by atoms with Crippen molar-refractivity contribution in [2.24, 2.45) is 0 Å². The molecular weight excluding hydrogens is 212 g/mol. The summed E-state index contributed by atoms with van der Waals surface area (Å²) in [6.07, 6.45) is 5.89. The average molecular weight is 240 g/mol. The highest BCUT2D eigenvalue weighted by molar-refractivity contribution is 4.78. The van der Waals surface area contributed by atoms with E-state index in [-0.39, 0.29) is 0 Å². The standard InChI is InChI=1S/C14H28N2O/c1-13(2)16-9-6-14(12-16)17-11-10-15-7-4-3-5-8-15/h13-14H,3-12H2,1-2H3. The SMILES string of the molecule is CC(C)N1CCC(OCCN2CCCCC2)C1. The maximum atomic E-state index is 6.00. The molecule has 2 heterocycles. The van der Waals surface area contributed by atoms with Crippen LogP contribution in [0.2, 0.25) is 0 Å². The van der Waals surface area contributed by atoms with Gasteiger partial charge in [-0.15, -0.1) is 0 Å². The molecule has 2 fully saturated rings. The summed E-state index contributed by atoms with van der Waals surface area (Å²) >= 11 is 0. The third-order valence-corrected chi connectivity index (χ3v) is 4.12. The number of hydrogen-bond acceptors (Lipinski definition) is 3. The van der Waals surface area contributed by atoms with Crippen molar-refractivity contribution in [2.45, 2.75) is 51.7 Å². The molecule has 100 valence electrons. The summed E-state index contributed by atoms with van der Waals surface area (Å²) in [6, 6.07) is 0.672. The van der Waals surface area contributed by atoms with Crippen LogP contribution in [-0.2, 0) is 4.74 Å². The molecule has 2 rings (SSSR count). The van der Waals surface area contributed by atoms with Gasteiger partial charge in [0.2, 0.25) is 0 Å². The molecule has 17 heavy (non-hydrogen) atoms. The molecule has 0 aromatic carbocycles. The van der Waals surface area contributed by atoms with Gasteiger partial charge in [-0.05, 0) is 46.2 Å². The molecule has 0 aromatic rings. The second-order valence-electron chi connectivity index (χ2n) is 5.77. The summed E-state index contributed by atoms with van der Waals surface area (Å²) in [6.45, 7) is 11.5. The Kier molecular flexibility index (Phi) is 5.26. The predicted molar refractivity (Wildman–Crippen MR) is 71.4 cm³/mol. The lowest BCUT2D eigenvalue weighted by atomic mass is 10.1. The van der Waals surface area contributed by atoms with Crippen LogP contribution in [0.3, 0.4) is 0 Å². The minimum Gasteiger partial charge on any atom is -0.376 e. The lowest BCUT2D eigenvalue weighted by Crippen LogP contribution is -2.34. The molecule has 1 atom stereocenters. The van der Waals surface area contributed by atoms with E-state index in [0.29, 0.717) is 12.1 Å². The Morgan fingerprint density at radius 1 is 1.12 bits per heavy atom. The zero-order chi connectivity index (χ0) is 12.1. The van der Waals surface area contributed by atoms with Crippen LogP contribution in [0.25, 0.3) is 0 Å². The van der Waals surface area contributed by atoms with E-state index < -0.39 is 0 Å². The van der Waals surface area contributed by atoms with E-state index in [2.05, 4.69) is 23.6 Å². The fraction of sp³-hybridized carbons (Fsp3) is 1.00. The molecule has 0 aliphatic carbocycles. The summed E-state index contributed by atoms with van der Waals surface area (Å²) in [4.78, 5) is 5.07. The van der Waals surface area contributed by atoms with Crippen LogP contribution in [-0.4, -0.2) is 61.3 Å². The third kappa shape index (κ3) is 4.23. The third-order valence-electron chi connectivity index (χ3n) is 4.12. The van der Waals surface area contributed by atoms with Crippen LogP contribution >= 0.6 is 0 Å². The predicted octanol–water partition coefficient (Wildman–Crippen LogP) is 1.97. The largest absolute Gasteiger partial charge is 0.376 e. The van der Waals surface area contributed by atoms with Gasteiger partial charge < -0.3 is 9.64 Å². The number of likely N-dealkylation sites (tertiary alicyclic amines) is 2. The first kappa shape index (κ1) is 13.3. The van der Waals surface area contributed by atoms with Gasteiger partial charge in [-0.1, -0.05) is 6.42 Å². The fourth-order valence-corrected chi connectivity index (χ4v) is 2.89. The first-order valence-corrected chi connectivity index (χ1v) is 7.33. The van der Waals surface area contributed by atoms with Crippen molar-refractivity contribution in [3.8, 4) is 0 Å². The van der Waals surface area contributed by atoms with Crippen LogP contribution in [0.5, 0.6) is 0 Å². The van der Waals surface area contributed by atoms with Gasteiger partial charge in [0.25, 0.3) is 0 Å². The van der Waals surface area contributed by atoms with Crippen LogP contribution in [0.15, 0.2) is 0 Å². The average Bonchev–Trinajstić information content (AvgIpc) is 2.79. The number of hydrogen-bond donors (Lipinski definition) is 0. The van der Waals surface area contributed by atoms with Crippen molar-refractivity contribution in [1.29, 1.82) is 0 Å². The van der Waals surface area contributed by atoms with Crippen LogP contribution in [0.1, 0.15) is 39.5 Å². The van der Waals surface area contributed by atoms with Crippen LogP contribution in [0.4, 0.5) is 0 Å². The lowest BCUT2D eigenvalue weighted by Gasteiger charge is -2.27. The molecule has 2 aliphatic rings. The summed E-state index contributed by atoms with van der Waals surface area (Å²) in [5, 5.41) is 0. The van der Waals surface area contributed by atoms with Crippen molar-refractivity contribution < 1.29 is 4.74 Å². The van der Waals surface area contributed by atoms with Gasteiger partial charge in [-0.25, -0.2) is 0 Å². The molecule has 1 unspecified atom stereocenters. The van der Waals surface area contributed by atoms with Crippen molar-refractivity contribution >= 4 is 0 Å². The molecule has 2 saturated heterocycles. The Hall–Kier alpha value is -0.120. The van der Waals surface area contributed by atoms with Gasteiger partial charge in [-0.3, -0.25) is 4.90 Å². The molecule has 0 saturated carbocycles. The van der Waals surface area contributed by atoms with Crippen molar-refractivity contribution in [3.63, 3.8) is 0 Å². The van der Waals surface area contributed by atoms with E-state index >= 15 is 0 Å². The molecule has 0 spiro atoms. The lowest BCUT2D eigenvalue weighted by molar-refractivity contribution is 0.0378. The van der Waals surface area contributed by atoms with E-state index in [4.69, 9.17) is 4.74 Å². The molecule has 2 aliphatic heterocycles. The van der Waals surface area contributed by atoms with Crippen LogP contribution < -0.4 is 0 Å². The topological polar surface area (TPSA) is 15.7 Å². The molecule has 0 amide bonds. The second kappa shape index (κ2) is 6.72. The summed E-state index contributed by atoms with van der Waals surface area (Å²) in [5.41, 5.74) is 0. The Balaban J connectivity index is 1.56. The molecule has 3 heteroatoms. The number of nitrogens with zero attached hydrogens (tertiary/aromatic N) is 2. The summed E-state index contributed by atoms with van der Waals surface area (Å²) in [7, 11) is 0. The van der Waals surface area contributed by atoms with Crippen molar-refractivity contribution in [2.75, 3.05) is 39.3 Å². The van der Waals surface area contributed by atoms with Gasteiger partial charge >= 0.3 is 0 Å². The Morgan fingerprint density at radius 3 is 2.53 bits per heavy atom. The highest BCUT2D eigenvalue weighted by Crippen LogP contribution is 2.15. The quantitative estimate of drug-likeness (QED) is 0.731. The van der Waals surface area contributed by atoms with Gasteiger partial charge in [-0.2, -0.15) is 0 Å². The zero-order valence-corrected chi connectivity index (χ0v) is 11.5. The minimum absolute atomic E-state index is 0.488. The van der Waals surface area contributed by atoms with Crippen LogP contribution in [0, 0.1) is 0 Å². The number of piperidine rings is 1. The molecule has 0 bridgehead atoms. The van der Waals surface area contributed by atoms with Gasteiger partial charge in [0.15, 0.2) is 0 Å². The van der Waals surface area contributed by atoms with E-state index in [1.54, 1.807) is 0 Å². The Morgan fingerprint density at radius 2 is 1.88 bits per heavy atom. The normalized spacial score (nSPS) is 28.1. The first-order valence-electron chi connectivity index (χ1n) is 7.33. The maximum absolute atomic E-state index is 6.00. The molecule has 0 aromatic heterocycles. The van der Waals surface area contributed by atoms with Gasteiger partial charge in [0.05, 0.1) is 12.7 Å². The van der Waals surface area contributed by atoms with Crippen molar-refractivity contribution in [3.05, 3.63) is 0 Å². The molecule has 0 radical (unpaired) electrons. The van der Waals surface area contributed by atoms with E-state index in [0.717, 1.165) is 19.7 Å². The summed E-state index contributed by atoms with van der Waals surface area (Å²) < 4.78 is 6.00. The number of rotatable bonds is 5. The Bertz CT molecular complexity index is 214.